The van der Waals surface area contributed by atoms with E-state index in [1.807, 2.05) is 13.0 Å². The van der Waals surface area contributed by atoms with E-state index in [0.717, 1.165) is 12.0 Å². The number of halogens is 1. The lowest BCUT2D eigenvalue weighted by atomic mass is 9.95. The lowest BCUT2D eigenvalue weighted by Crippen LogP contribution is -2.49. The SMILES string of the molecule is COc1ccc(CN[C@@H]2CCN(S(C)(=O)=O)C[C@H]2C)cc1F. The standard InChI is InChI=1S/C15H23FN2O3S/c1-11-10-18(22(3,19)20)7-6-14(11)17-9-12-4-5-15(21-2)13(16)8-12/h4-5,8,11,14,17H,6-7,9-10H2,1-3H3/t11-,14-/m1/s1. The molecule has 0 bridgehead atoms. The first-order valence-corrected chi connectivity index (χ1v) is 9.17. The summed E-state index contributed by atoms with van der Waals surface area (Å²) in [5.74, 6) is 0.0758. The first-order valence-electron chi connectivity index (χ1n) is 7.32. The van der Waals surface area contributed by atoms with Crippen LogP contribution in [-0.2, 0) is 16.6 Å². The molecule has 7 heteroatoms. The average Bonchev–Trinajstić information content (AvgIpc) is 2.45. The second-order valence-corrected chi connectivity index (χ2v) is 7.83. The van der Waals surface area contributed by atoms with Crippen molar-refractivity contribution in [1.82, 2.24) is 9.62 Å². The van der Waals surface area contributed by atoms with E-state index in [1.54, 1.807) is 6.07 Å². The normalized spacial score (nSPS) is 23.5. The Morgan fingerprint density at radius 2 is 2.18 bits per heavy atom. The Morgan fingerprint density at radius 3 is 2.73 bits per heavy atom. The number of ether oxygens (including phenoxy) is 1. The number of methoxy groups -OCH3 is 1. The minimum absolute atomic E-state index is 0.214. The van der Waals surface area contributed by atoms with E-state index >= 15 is 0 Å². The molecule has 0 aliphatic carbocycles. The van der Waals surface area contributed by atoms with Gasteiger partial charge >= 0.3 is 0 Å². The van der Waals surface area contributed by atoms with Crippen molar-refractivity contribution < 1.29 is 17.5 Å². The van der Waals surface area contributed by atoms with Crippen molar-refractivity contribution in [3.63, 3.8) is 0 Å². The molecular formula is C15H23FN2O3S. The summed E-state index contributed by atoms with van der Waals surface area (Å²) < 4.78 is 43.2. The number of hydrogen-bond donors (Lipinski definition) is 1. The molecule has 2 atom stereocenters. The molecule has 1 fully saturated rings. The van der Waals surface area contributed by atoms with Crippen molar-refractivity contribution in [2.24, 2.45) is 5.92 Å². The predicted octanol–water partition coefficient (Wildman–Crippen LogP) is 1.59. The minimum Gasteiger partial charge on any atom is -0.494 e. The van der Waals surface area contributed by atoms with Gasteiger partial charge in [-0.3, -0.25) is 0 Å². The van der Waals surface area contributed by atoms with Crippen LogP contribution in [0, 0.1) is 11.7 Å². The third-order valence-electron chi connectivity index (χ3n) is 4.12. The zero-order valence-electron chi connectivity index (χ0n) is 13.2. The molecule has 1 aliphatic rings. The van der Waals surface area contributed by atoms with Gasteiger partial charge in [-0.15, -0.1) is 0 Å². The van der Waals surface area contributed by atoms with E-state index in [1.165, 1.54) is 23.7 Å². The van der Waals surface area contributed by atoms with Crippen LogP contribution in [-0.4, -0.2) is 45.2 Å². The molecule has 0 unspecified atom stereocenters. The van der Waals surface area contributed by atoms with Gasteiger partial charge in [-0.25, -0.2) is 17.1 Å². The molecule has 5 nitrogen and oxygen atoms in total. The van der Waals surface area contributed by atoms with E-state index in [2.05, 4.69) is 5.32 Å². The fourth-order valence-corrected chi connectivity index (χ4v) is 3.72. The van der Waals surface area contributed by atoms with Gasteiger partial charge in [-0.2, -0.15) is 0 Å². The number of sulfonamides is 1. The number of hydrogen-bond acceptors (Lipinski definition) is 4. The van der Waals surface area contributed by atoms with E-state index in [-0.39, 0.29) is 23.5 Å². The van der Waals surface area contributed by atoms with Crippen molar-refractivity contribution in [1.29, 1.82) is 0 Å². The zero-order chi connectivity index (χ0) is 16.3. The maximum Gasteiger partial charge on any atom is 0.211 e. The molecule has 1 aliphatic heterocycles. The second kappa shape index (κ2) is 6.93. The highest BCUT2D eigenvalue weighted by molar-refractivity contribution is 7.88. The highest BCUT2D eigenvalue weighted by atomic mass is 32.2. The Morgan fingerprint density at radius 1 is 1.45 bits per heavy atom. The van der Waals surface area contributed by atoms with Crippen LogP contribution in [0.4, 0.5) is 4.39 Å². The number of nitrogens with zero attached hydrogens (tertiary/aromatic N) is 1. The summed E-state index contributed by atoms with van der Waals surface area (Å²) in [5.41, 5.74) is 0.844. The Hall–Kier alpha value is -1.18. The molecule has 1 heterocycles. The molecule has 1 aromatic carbocycles. The molecule has 1 N–H and O–H groups in total. The van der Waals surface area contributed by atoms with Gasteiger partial charge < -0.3 is 10.1 Å². The molecule has 22 heavy (non-hydrogen) atoms. The number of rotatable bonds is 5. The maximum atomic E-state index is 13.6. The van der Waals surface area contributed by atoms with E-state index in [0.29, 0.717) is 19.6 Å². The van der Waals surface area contributed by atoms with Crippen LogP contribution in [0.1, 0.15) is 18.9 Å². The van der Waals surface area contributed by atoms with Crippen molar-refractivity contribution in [2.45, 2.75) is 25.9 Å². The predicted molar refractivity (Wildman–Crippen MR) is 83.8 cm³/mol. The average molecular weight is 330 g/mol. The summed E-state index contributed by atoms with van der Waals surface area (Å²) in [6, 6.07) is 5.12. The molecule has 1 aromatic rings. The largest absolute Gasteiger partial charge is 0.494 e. The lowest BCUT2D eigenvalue weighted by Gasteiger charge is -2.36. The minimum atomic E-state index is -3.12. The summed E-state index contributed by atoms with van der Waals surface area (Å²) in [4.78, 5) is 0. The molecule has 1 saturated heterocycles. The molecule has 0 radical (unpaired) electrons. The fraction of sp³-hybridized carbons (Fsp3) is 0.600. The molecule has 0 spiro atoms. The molecule has 124 valence electrons. The van der Waals surface area contributed by atoms with E-state index in [9.17, 15) is 12.8 Å². The molecule has 2 rings (SSSR count). The van der Waals surface area contributed by atoms with Gasteiger partial charge in [0.1, 0.15) is 0 Å². The van der Waals surface area contributed by atoms with Gasteiger partial charge in [0.25, 0.3) is 0 Å². The summed E-state index contributed by atoms with van der Waals surface area (Å²) in [7, 11) is -1.68. The van der Waals surface area contributed by atoms with Crippen LogP contribution >= 0.6 is 0 Å². The summed E-state index contributed by atoms with van der Waals surface area (Å²) in [5, 5.41) is 3.40. The summed E-state index contributed by atoms with van der Waals surface area (Å²) >= 11 is 0. The smallest absolute Gasteiger partial charge is 0.211 e. The Labute approximate surface area is 131 Å². The third kappa shape index (κ3) is 4.18. The Balaban J connectivity index is 1.91. The summed E-state index contributed by atoms with van der Waals surface area (Å²) in [6.45, 7) is 3.63. The van der Waals surface area contributed by atoms with Gasteiger partial charge in [0.2, 0.25) is 10.0 Å². The summed E-state index contributed by atoms with van der Waals surface area (Å²) in [6.07, 6.45) is 2.00. The first kappa shape index (κ1) is 17.2. The molecule has 0 amide bonds. The van der Waals surface area contributed by atoms with Crippen molar-refractivity contribution >= 4 is 10.0 Å². The molecule has 0 aromatic heterocycles. The second-order valence-electron chi connectivity index (χ2n) is 5.84. The quantitative estimate of drug-likeness (QED) is 0.891. The van der Waals surface area contributed by atoms with Gasteiger partial charge in [-0.05, 0) is 30.0 Å². The zero-order valence-corrected chi connectivity index (χ0v) is 14.0. The van der Waals surface area contributed by atoms with Crippen molar-refractivity contribution in [2.75, 3.05) is 26.5 Å². The van der Waals surface area contributed by atoms with Crippen LogP contribution in [0.25, 0.3) is 0 Å². The van der Waals surface area contributed by atoms with E-state index < -0.39 is 10.0 Å². The highest BCUT2D eigenvalue weighted by Gasteiger charge is 2.29. The Bertz CT molecular complexity index is 621. The van der Waals surface area contributed by atoms with E-state index in [4.69, 9.17) is 4.74 Å². The topological polar surface area (TPSA) is 58.6 Å². The van der Waals surface area contributed by atoms with Crippen LogP contribution in [0.3, 0.4) is 0 Å². The van der Waals surface area contributed by atoms with Gasteiger partial charge in [0.15, 0.2) is 11.6 Å². The fourth-order valence-electron chi connectivity index (χ4n) is 2.78. The molecule has 0 saturated carbocycles. The van der Waals surface area contributed by atoms with Crippen LogP contribution < -0.4 is 10.1 Å². The number of benzene rings is 1. The number of nitrogens with one attached hydrogen (secondary N) is 1. The van der Waals surface area contributed by atoms with Crippen LogP contribution in [0.5, 0.6) is 5.75 Å². The van der Waals surface area contributed by atoms with Gasteiger partial charge in [-0.1, -0.05) is 13.0 Å². The maximum absolute atomic E-state index is 13.6. The van der Waals surface area contributed by atoms with Crippen LogP contribution in [0.2, 0.25) is 0 Å². The lowest BCUT2D eigenvalue weighted by molar-refractivity contribution is 0.220. The van der Waals surface area contributed by atoms with Crippen molar-refractivity contribution in [3.8, 4) is 5.75 Å². The first-order chi connectivity index (χ1) is 10.3. The monoisotopic (exact) mass is 330 g/mol. The van der Waals surface area contributed by atoms with Crippen LogP contribution in [0.15, 0.2) is 18.2 Å². The third-order valence-corrected chi connectivity index (χ3v) is 5.39. The van der Waals surface area contributed by atoms with Gasteiger partial charge in [0, 0.05) is 25.7 Å². The number of piperidine rings is 1. The highest BCUT2D eigenvalue weighted by Crippen LogP contribution is 2.21. The Kier molecular flexibility index (Phi) is 5.41. The molecular weight excluding hydrogens is 307 g/mol. The van der Waals surface area contributed by atoms with Gasteiger partial charge in [0.05, 0.1) is 13.4 Å². The van der Waals surface area contributed by atoms with Crippen molar-refractivity contribution in [3.05, 3.63) is 29.6 Å².